The van der Waals surface area contributed by atoms with Crippen LogP contribution in [0.3, 0.4) is 0 Å². The lowest BCUT2D eigenvalue weighted by atomic mass is 9.81. The quantitative estimate of drug-likeness (QED) is 0.790. The van der Waals surface area contributed by atoms with E-state index in [2.05, 4.69) is 17.6 Å². The van der Waals surface area contributed by atoms with Crippen LogP contribution in [0.1, 0.15) is 37.8 Å². The molecular formula is C18H24N2O4. The smallest absolute Gasteiger partial charge is 0.405 e. The summed E-state index contributed by atoms with van der Waals surface area (Å²) in [5.41, 5.74) is 1.98. The third-order valence-corrected chi connectivity index (χ3v) is 5.37. The Bertz CT molecular complexity index is 625. The van der Waals surface area contributed by atoms with Gasteiger partial charge in [-0.25, -0.2) is 4.79 Å². The number of anilines is 1. The normalized spacial score (nSPS) is 31.9. The summed E-state index contributed by atoms with van der Waals surface area (Å²) in [5, 5.41) is 15.6. The van der Waals surface area contributed by atoms with E-state index in [-0.39, 0.29) is 18.1 Å². The molecule has 0 bridgehead atoms. The molecule has 1 aromatic rings. The number of carbonyl (C=O) groups is 1. The van der Waals surface area contributed by atoms with Gasteiger partial charge in [0.1, 0.15) is 11.9 Å². The molecule has 6 nitrogen and oxygen atoms in total. The molecule has 1 amide bonds. The van der Waals surface area contributed by atoms with Gasteiger partial charge >= 0.3 is 6.09 Å². The number of amides is 1. The van der Waals surface area contributed by atoms with Gasteiger partial charge in [0.2, 0.25) is 0 Å². The highest BCUT2D eigenvalue weighted by Crippen LogP contribution is 2.46. The monoisotopic (exact) mass is 332 g/mol. The Hall–Kier alpha value is -1.95. The van der Waals surface area contributed by atoms with Crippen molar-refractivity contribution in [3.8, 4) is 5.75 Å². The van der Waals surface area contributed by atoms with Gasteiger partial charge in [0.15, 0.2) is 0 Å². The minimum atomic E-state index is -0.982. The molecule has 2 aliphatic heterocycles. The second-order valence-electron chi connectivity index (χ2n) is 7.15. The molecule has 6 heteroatoms. The van der Waals surface area contributed by atoms with Crippen LogP contribution in [0.2, 0.25) is 0 Å². The molecule has 1 aliphatic carbocycles. The minimum Gasteiger partial charge on any atom is -0.488 e. The van der Waals surface area contributed by atoms with Gasteiger partial charge in [0, 0.05) is 29.6 Å². The van der Waals surface area contributed by atoms with E-state index in [0.29, 0.717) is 18.6 Å². The van der Waals surface area contributed by atoms with Crippen molar-refractivity contribution in [3.05, 3.63) is 23.8 Å². The molecule has 0 spiro atoms. The lowest BCUT2D eigenvalue weighted by Gasteiger charge is -2.39. The SMILES string of the molecule is C[C@@H]1[C@@H](C2CC2)Nc2ccc(OC3CCOC3)cc2[C@@H]1NC(=O)O. The Morgan fingerprint density at radius 3 is 2.88 bits per heavy atom. The molecule has 2 heterocycles. The van der Waals surface area contributed by atoms with E-state index < -0.39 is 6.09 Å². The highest BCUT2D eigenvalue weighted by molar-refractivity contribution is 5.68. The standard InChI is InChI=1S/C18H24N2O4/c1-10-16(11-2-3-11)19-15-5-4-12(24-13-6-7-23-9-13)8-14(15)17(10)20-18(21)22/h4-5,8,10-11,13,16-17,19-20H,2-3,6-7,9H2,1H3,(H,21,22)/t10-,13?,16+,17-/m1/s1. The second kappa shape index (κ2) is 6.16. The molecule has 3 N–H and O–H groups in total. The van der Waals surface area contributed by atoms with E-state index in [0.717, 1.165) is 30.0 Å². The van der Waals surface area contributed by atoms with E-state index in [4.69, 9.17) is 9.47 Å². The molecule has 4 rings (SSSR count). The molecule has 0 aromatic heterocycles. The van der Waals surface area contributed by atoms with Crippen LogP contribution >= 0.6 is 0 Å². The number of carboxylic acid groups (broad SMARTS) is 1. The fourth-order valence-electron chi connectivity index (χ4n) is 3.95. The van der Waals surface area contributed by atoms with E-state index in [1.807, 2.05) is 18.2 Å². The van der Waals surface area contributed by atoms with Crippen molar-refractivity contribution in [2.75, 3.05) is 18.5 Å². The third kappa shape index (κ3) is 3.02. The third-order valence-electron chi connectivity index (χ3n) is 5.37. The average Bonchev–Trinajstić information content (AvgIpc) is 3.27. The maximum Gasteiger partial charge on any atom is 0.405 e. The fourth-order valence-corrected chi connectivity index (χ4v) is 3.95. The highest BCUT2D eigenvalue weighted by atomic mass is 16.5. The first-order valence-electron chi connectivity index (χ1n) is 8.76. The number of hydrogen-bond acceptors (Lipinski definition) is 4. The number of ether oxygens (including phenoxy) is 2. The lowest BCUT2D eigenvalue weighted by molar-refractivity contribution is 0.141. The zero-order valence-electron chi connectivity index (χ0n) is 13.8. The topological polar surface area (TPSA) is 79.8 Å². The number of benzene rings is 1. The van der Waals surface area contributed by atoms with E-state index in [9.17, 15) is 9.90 Å². The summed E-state index contributed by atoms with van der Waals surface area (Å²) >= 11 is 0. The van der Waals surface area contributed by atoms with E-state index in [1.54, 1.807) is 0 Å². The molecule has 3 aliphatic rings. The van der Waals surface area contributed by atoms with Crippen LogP contribution in [0.5, 0.6) is 5.75 Å². The Morgan fingerprint density at radius 2 is 2.21 bits per heavy atom. The fraction of sp³-hybridized carbons (Fsp3) is 0.611. The van der Waals surface area contributed by atoms with Gasteiger partial charge in [-0.2, -0.15) is 0 Å². The van der Waals surface area contributed by atoms with Crippen LogP contribution in [-0.2, 0) is 4.74 Å². The van der Waals surface area contributed by atoms with Crippen LogP contribution in [0, 0.1) is 11.8 Å². The summed E-state index contributed by atoms with van der Waals surface area (Å²) in [6.45, 7) is 3.48. The van der Waals surface area contributed by atoms with Gasteiger partial charge in [0.25, 0.3) is 0 Å². The zero-order chi connectivity index (χ0) is 16.7. The first-order valence-corrected chi connectivity index (χ1v) is 8.76. The number of rotatable bonds is 4. The molecule has 24 heavy (non-hydrogen) atoms. The van der Waals surface area contributed by atoms with E-state index in [1.165, 1.54) is 12.8 Å². The summed E-state index contributed by atoms with van der Waals surface area (Å²) in [4.78, 5) is 11.3. The average molecular weight is 332 g/mol. The van der Waals surface area contributed by atoms with Crippen LogP contribution in [0.4, 0.5) is 10.5 Å². The van der Waals surface area contributed by atoms with Gasteiger partial charge in [-0.3, -0.25) is 0 Å². The predicted molar refractivity (Wildman–Crippen MR) is 89.5 cm³/mol. The van der Waals surface area contributed by atoms with Gasteiger partial charge in [0.05, 0.1) is 19.3 Å². The van der Waals surface area contributed by atoms with Crippen LogP contribution in [-0.4, -0.2) is 36.6 Å². The number of fused-ring (bicyclic) bond motifs is 1. The predicted octanol–water partition coefficient (Wildman–Crippen LogP) is 3.00. The molecule has 4 atom stereocenters. The summed E-state index contributed by atoms with van der Waals surface area (Å²) in [5.74, 6) is 1.63. The maximum absolute atomic E-state index is 11.3. The summed E-state index contributed by atoms with van der Waals surface area (Å²) in [6, 6.07) is 6.05. The Morgan fingerprint density at radius 1 is 1.38 bits per heavy atom. The Labute approximate surface area is 141 Å². The Balaban J connectivity index is 1.61. The molecule has 0 radical (unpaired) electrons. The van der Waals surface area contributed by atoms with Gasteiger partial charge in [-0.1, -0.05) is 6.92 Å². The largest absolute Gasteiger partial charge is 0.488 e. The first kappa shape index (κ1) is 15.6. The molecule has 2 fully saturated rings. The Kier molecular flexibility index (Phi) is 4.00. The van der Waals surface area contributed by atoms with Gasteiger partial charge in [-0.05, 0) is 37.0 Å². The zero-order valence-corrected chi connectivity index (χ0v) is 13.8. The molecule has 1 unspecified atom stereocenters. The summed E-state index contributed by atoms with van der Waals surface area (Å²) < 4.78 is 11.3. The molecule has 1 aromatic carbocycles. The first-order chi connectivity index (χ1) is 11.6. The van der Waals surface area contributed by atoms with Crippen molar-refractivity contribution >= 4 is 11.8 Å². The van der Waals surface area contributed by atoms with Crippen LogP contribution in [0.25, 0.3) is 0 Å². The molecule has 1 saturated carbocycles. The van der Waals surface area contributed by atoms with Crippen molar-refractivity contribution in [1.82, 2.24) is 5.32 Å². The van der Waals surface area contributed by atoms with Crippen molar-refractivity contribution in [3.63, 3.8) is 0 Å². The lowest BCUT2D eigenvalue weighted by Crippen LogP contribution is -2.44. The summed E-state index contributed by atoms with van der Waals surface area (Å²) in [6.07, 6.45) is 2.44. The minimum absolute atomic E-state index is 0.0853. The van der Waals surface area contributed by atoms with Crippen molar-refractivity contribution in [1.29, 1.82) is 0 Å². The number of hydrogen-bond donors (Lipinski definition) is 3. The van der Waals surface area contributed by atoms with Crippen LogP contribution in [0.15, 0.2) is 18.2 Å². The van der Waals surface area contributed by atoms with Gasteiger partial charge < -0.3 is 25.2 Å². The van der Waals surface area contributed by atoms with Crippen molar-refractivity contribution in [2.45, 2.75) is 44.4 Å². The van der Waals surface area contributed by atoms with Crippen LogP contribution < -0.4 is 15.4 Å². The second-order valence-corrected chi connectivity index (χ2v) is 7.15. The summed E-state index contributed by atoms with van der Waals surface area (Å²) in [7, 11) is 0. The molecule has 130 valence electrons. The van der Waals surface area contributed by atoms with E-state index >= 15 is 0 Å². The highest BCUT2D eigenvalue weighted by Gasteiger charge is 2.42. The number of nitrogens with one attached hydrogen (secondary N) is 2. The van der Waals surface area contributed by atoms with Crippen molar-refractivity contribution in [2.24, 2.45) is 11.8 Å². The molecule has 1 saturated heterocycles. The van der Waals surface area contributed by atoms with Gasteiger partial charge in [-0.15, -0.1) is 0 Å². The van der Waals surface area contributed by atoms with Crippen molar-refractivity contribution < 1.29 is 19.4 Å². The maximum atomic E-state index is 11.3. The molecular weight excluding hydrogens is 308 g/mol.